The Morgan fingerprint density at radius 1 is 1.05 bits per heavy atom. The first-order valence-corrected chi connectivity index (χ1v) is 16.6. The van der Waals surface area contributed by atoms with Crippen LogP contribution in [0.3, 0.4) is 0 Å². The first-order valence-electron chi connectivity index (χ1n) is 15.1. The summed E-state index contributed by atoms with van der Waals surface area (Å²) in [5.41, 5.74) is 5.31. The van der Waals surface area contributed by atoms with Crippen LogP contribution in [0.1, 0.15) is 100 Å². The summed E-state index contributed by atoms with van der Waals surface area (Å²) in [7, 11) is -3.91. The van der Waals surface area contributed by atoms with Gasteiger partial charge in [-0.15, -0.1) is 0 Å². The van der Waals surface area contributed by atoms with E-state index < -0.39 is 15.8 Å². The number of nitrogens with one attached hydrogen (secondary N) is 1. The molecule has 0 spiro atoms. The third kappa shape index (κ3) is 7.18. The van der Waals surface area contributed by atoms with Crippen molar-refractivity contribution in [2.45, 2.75) is 102 Å². The van der Waals surface area contributed by atoms with E-state index in [1.807, 2.05) is 18.3 Å². The van der Waals surface area contributed by atoms with Crippen LogP contribution in [0.5, 0.6) is 0 Å². The molecule has 1 aliphatic heterocycles. The van der Waals surface area contributed by atoms with E-state index in [4.69, 9.17) is 4.98 Å². The number of sulfonamides is 1. The topological polar surface area (TPSA) is 62.3 Å². The predicted molar refractivity (Wildman–Crippen MR) is 164 cm³/mol. The van der Waals surface area contributed by atoms with Crippen LogP contribution >= 0.6 is 0 Å². The van der Waals surface area contributed by atoms with Crippen molar-refractivity contribution in [2.24, 2.45) is 5.92 Å². The lowest BCUT2D eigenvalue weighted by atomic mass is 9.91. The zero-order valence-corrected chi connectivity index (χ0v) is 25.7. The average Bonchev–Trinajstić information content (AvgIpc) is 3.47. The molecule has 5 rings (SSSR count). The summed E-state index contributed by atoms with van der Waals surface area (Å²) in [6.45, 7) is 10.2. The molecule has 1 fully saturated rings. The van der Waals surface area contributed by atoms with E-state index in [1.54, 1.807) is 18.2 Å². The van der Waals surface area contributed by atoms with Crippen molar-refractivity contribution in [3.8, 4) is 0 Å². The Balaban J connectivity index is 1.21. The number of rotatable bonds is 9. The Bertz CT molecular complexity index is 1460. The fraction of sp³-hybridized carbons (Fsp3) is 0.500. The molecule has 1 saturated carbocycles. The molecule has 1 aliphatic carbocycles. The molecule has 2 heterocycles. The predicted octanol–water partition coefficient (Wildman–Crippen LogP) is 7.95. The summed E-state index contributed by atoms with van der Waals surface area (Å²) in [5.74, 6) is 0.289. The van der Waals surface area contributed by atoms with Gasteiger partial charge in [0.2, 0.25) is 0 Å². The minimum absolute atomic E-state index is 0.00616. The average molecular weight is 578 g/mol. The largest absolute Gasteiger partial charge is 0.292 e. The lowest BCUT2D eigenvalue weighted by molar-refractivity contribution is 0.191. The molecule has 41 heavy (non-hydrogen) atoms. The van der Waals surface area contributed by atoms with Crippen LogP contribution in [-0.4, -0.2) is 24.8 Å². The molecule has 0 radical (unpaired) electrons. The van der Waals surface area contributed by atoms with Gasteiger partial charge in [0.1, 0.15) is 5.82 Å². The molecular formula is C34H44FN3O2S. The van der Waals surface area contributed by atoms with Gasteiger partial charge in [-0.3, -0.25) is 14.6 Å². The van der Waals surface area contributed by atoms with Crippen LogP contribution in [0.4, 0.5) is 10.1 Å². The lowest BCUT2D eigenvalue weighted by Gasteiger charge is -2.34. The lowest BCUT2D eigenvalue weighted by Crippen LogP contribution is -2.33. The summed E-state index contributed by atoms with van der Waals surface area (Å²) >= 11 is 0. The number of benzene rings is 2. The van der Waals surface area contributed by atoms with E-state index in [0.717, 1.165) is 60.7 Å². The van der Waals surface area contributed by atoms with Gasteiger partial charge in [-0.2, -0.15) is 0 Å². The van der Waals surface area contributed by atoms with Crippen molar-refractivity contribution >= 4 is 15.7 Å². The molecule has 0 saturated heterocycles. The van der Waals surface area contributed by atoms with Gasteiger partial charge in [-0.05, 0) is 84.7 Å². The quantitative estimate of drug-likeness (QED) is 0.280. The maximum atomic E-state index is 14.9. The molecule has 1 N–H and O–H groups in total. The van der Waals surface area contributed by atoms with Crippen LogP contribution < -0.4 is 4.72 Å². The van der Waals surface area contributed by atoms with Crippen molar-refractivity contribution < 1.29 is 12.8 Å². The van der Waals surface area contributed by atoms with E-state index in [9.17, 15) is 12.8 Å². The minimum Gasteiger partial charge on any atom is -0.292 e. The molecular weight excluding hydrogens is 533 g/mol. The van der Waals surface area contributed by atoms with Gasteiger partial charge in [0.25, 0.3) is 10.0 Å². The molecule has 2 aromatic carbocycles. The van der Waals surface area contributed by atoms with E-state index in [1.165, 1.54) is 43.7 Å². The van der Waals surface area contributed by atoms with Gasteiger partial charge >= 0.3 is 0 Å². The highest BCUT2D eigenvalue weighted by atomic mass is 32.2. The normalized spacial score (nSPS) is 17.4. The van der Waals surface area contributed by atoms with Gasteiger partial charge < -0.3 is 0 Å². The Labute approximate surface area is 245 Å². The Morgan fingerprint density at radius 3 is 2.51 bits per heavy atom. The van der Waals surface area contributed by atoms with E-state index in [0.29, 0.717) is 0 Å². The zero-order chi connectivity index (χ0) is 29.2. The third-order valence-corrected chi connectivity index (χ3v) is 10.3. The van der Waals surface area contributed by atoms with E-state index in [2.05, 4.69) is 49.4 Å². The number of aryl methyl sites for hydroxylation is 1. The maximum Gasteiger partial charge on any atom is 0.261 e. The smallest absolute Gasteiger partial charge is 0.261 e. The van der Waals surface area contributed by atoms with Crippen molar-refractivity contribution in [3.63, 3.8) is 0 Å². The Kier molecular flexibility index (Phi) is 8.86. The standard InChI is InChI=1S/C34H44FN3O2S/c1-24(28-14-17-33(36-22-28)34(2,3)4)38-19-18-27-21-30(15-13-29(27)23-38)41(39,40)37-32-16-12-26(20-31(32)35)11-7-10-25-8-5-6-9-25/h12-17,20-22,24-25,37H,5-11,18-19,23H2,1-4H3. The van der Waals surface area contributed by atoms with Crippen LogP contribution in [0.15, 0.2) is 59.6 Å². The van der Waals surface area contributed by atoms with Gasteiger partial charge in [0, 0.05) is 36.4 Å². The molecule has 0 amide bonds. The highest BCUT2D eigenvalue weighted by molar-refractivity contribution is 7.92. The molecule has 0 bridgehead atoms. The van der Waals surface area contributed by atoms with Crippen molar-refractivity contribution in [1.82, 2.24) is 9.88 Å². The van der Waals surface area contributed by atoms with Crippen molar-refractivity contribution in [2.75, 3.05) is 11.3 Å². The molecule has 3 aromatic rings. The second-order valence-corrected chi connectivity index (χ2v) is 14.7. The second kappa shape index (κ2) is 12.2. The summed E-state index contributed by atoms with van der Waals surface area (Å²) in [6.07, 6.45) is 11.1. The fourth-order valence-corrected chi connectivity index (χ4v) is 7.37. The van der Waals surface area contributed by atoms with Gasteiger partial charge in [0.05, 0.1) is 10.6 Å². The van der Waals surface area contributed by atoms with Crippen LogP contribution in [0, 0.1) is 11.7 Å². The van der Waals surface area contributed by atoms with E-state index in [-0.39, 0.29) is 22.0 Å². The second-order valence-electron chi connectivity index (χ2n) is 13.0. The van der Waals surface area contributed by atoms with Crippen LogP contribution in [0.25, 0.3) is 0 Å². The number of aromatic nitrogens is 1. The number of hydrogen-bond acceptors (Lipinski definition) is 4. The number of halogens is 1. The summed E-state index contributed by atoms with van der Waals surface area (Å²) in [5, 5.41) is 0. The van der Waals surface area contributed by atoms with Gasteiger partial charge in [-0.25, -0.2) is 12.8 Å². The first kappa shape index (κ1) is 29.7. The molecule has 7 heteroatoms. The molecule has 2 aliphatic rings. The Morgan fingerprint density at radius 2 is 1.83 bits per heavy atom. The number of anilines is 1. The molecule has 1 atom stereocenters. The van der Waals surface area contributed by atoms with Crippen LogP contribution in [-0.2, 0) is 34.8 Å². The summed E-state index contributed by atoms with van der Waals surface area (Å²) in [4.78, 5) is 7.26. The minimum atomic E-state index is -3.91. The monoisotopic (exact) mass is 577 g/mol. The number of fused-ring (bicyclic) bond motifs is 1. The fourth-order valence-electron chi connectivity index (χ4n) is 6.25. The number of nitrogens with zero attached hydrogens (tertiary/aromatic N) is 2. The summed E-state index contributed by atoms with van der Waals surface area (Å²) < 4.78 is 43.8. The van der Waals surface area contributed by atoms with Gasteiger partial charge in [-0.1, -0.05) is 71.1 Å². The SMILES string of the molecule is CC(c1ccc(C(C)(C)C)nc1)N1CCc2cc(S(=O)(=O)Nc3ccc(CCCC4CCCC4)cc3F)ccc2C1. The number of pyridine rings is 1. The third-order valence-electron chi connectivity index (χ3n) is 8.95. The molecule has 5 nitrogen and oxygen atoms in total. The first-order chi connectivity index (χ1) is 19.5. The highest BCUT2D eigenvalue weighted by Gasteiger charge is 2.25. The molecule has 1 aromatic heterocycles. The zero-order valence-electron chi connectivity index (χ0n) is 24.9. The number of hydrogen-bond donors (Lipinski definition) is 1. The maximum absolute atomic E-state index is 14.9. The highest BCUT2D eigenvalue weighted by Crippen LogP contribution is 2.31. The molecule has 1 unspecified atom stereocenters. The van der Waals surface area contributed by atoms with E-state index >= 15 is 0 Å². The van der Waals surface area contributed by atoms with Crippen molar-refractivity contribution in [1.29, 1.82) is 0 Å². The molecule has 220 valence electrons. The van der Waals surface area contributed by atoms with Crippen LogP contribution in [0.2, 0.25) is 0 Å². The Hall–Kier alpha value is -2.77. The van der Waals surface area contributed by atoms with Crippen molar-refractivity contribution in [3.05, 3.63) is 88.5 Å². The summed E-state index contributed by atoms with van der Waals surface area (Å²) in [6, 6.07) is 14.6. The van der Waals surface area contributed by atoms with Gasteiger partial charge in [0.15, 0.2) is 0 Å².